The minimum absolute atomic E-state index is 0.345. The van der Waals surface area contributed by atoms with Crippen LogP contribution in [0.2, 0.25) is 0 Å². The molecule has 0 aromatic carbocycles. The number of pyridine rings is 1. The maximum atomic E-state index is 5.21. The minimum atomic E-state index is 0.345. The summed E-state index contributed by atoms with van der Waals surface area (Å²) in [6, 6.07) is 6.42. The van der Waals surface area contributed by atoms with Crippen LogP contribution in [0.15, 0.2) is 18.2 Å². The molecule has 2 fully saturated rings. The molecule has 2 bridgehead atoms. The number of fused-ring (bicyclic) bond motifs is 2. The Labute approximate surface area is 115 Å². The smallest absolute Gasteiger partial charge is 0.214 e. The molecule has 3 nitrogen and oxygen atoms in total. The Morgan fingerprint density at radius 2 is 2.11 bits per heavy atom. The summed E-state index contributed by atoms with van der Waals surface area (Å²) >= 11 is 0. The molecule has 2 aliphatic rings. The van der Waals surface area contributed by atoms with E-state index >= 15 is 0 Å². The lowest BCUT2D eigenvalue weighted by Crippen LogP contribution is -2.45. The van der Waals surface area contributed by atoms with Crippen LogP contribution in [0.5, 0.6) is 5.88 Å². The van der Waals surface area contributed by atoms with Gasteiger partial charge in [-0.3, -0.25) is 0 Å². The topological polar surface area (TPSA) is 34.1 Å². The summed E-state index contributed by atoms with van der Waals surface area (Å²) in [4.78, 5) is 4.50. The molecular formula is C16H24N2O. The number of rotatable bonds is 3. The van der Waals surface area contributed by atoms with Crippen LogP contribution in [0, 0.1) is 16.7 Å². The van der Waals surface area contributed by atoms with Crippen molar-refractivity contribution in [3.63, 3.8) is 0 Å². The van der Waals surface area contributed by atoms with Gasteiger partial charge in [0.15, 0.2) is 0 Å². The molecule has 2 saturated carbocycles. The third-order valence-electron chi connectivity index (χ3n) is 5.49. The number of aromatic nitrogens is 1. The van der Waals surface area contributed by atoms with Gasteiger partial charge in [-0.1, -0.05) is 26.8 Å². The molecule has 1 heterocycles. The fourth-order valence-electron chi connectivity index (χ4n) is 4.42. The zero-order valence-corrected chi connectivity index (χ0v) is 12.4. The maximum absolute atomic E-state index is 5.21. The molecule has 3 atom stereocenters. The second-order valence-electron chi connectivity index (χ2n) is 7.06. The van der Waals surface area contributed by atoms with Crippen molar-refractivity contribution in [1.29, 1.82) is 0 Å². The van der Waals surface area contributed by atoms with Crippen LogP contribution >= 0.6 is 0 Å². The van der Waals surface area contributed by atoms with Crippen LogP contribution in [0.3, 0.4) is 0 Å². The molecule has 104 valence electrons. The highest BCUT2D eigenvalue weighted by molar-refractivity contribution is 5.40. The van der Waals surface area contributed by atoms with Crippen LogP contribution in [0.25, 0.3) is 0 Å². The van der Waals surface area contributed by atoms with Crippen molar-refractivity contribution >= 4 is 5.82 Å². The first kappa shape index (κ1) is 12.8. The van der Waals surface area contributed by atoms with Gasteiger partial charge in [0, 0.05) is 12.1 Å². The molecule has 0 amide bonds. The summed E-state index contributed by atoms with van der Waals surface area (Å²) in [7, 11) is 1.66. The van der Waals surface area contributed by atoms with Crippen LogP contribution in [-0.4, -0.2) is 18.1 Å². The molecule has 0 aliphatic heterocycles. The highest BCUT2D eigenvalue weighted by atomic mass is 16.5. The lowest BCUT2D eigenvalue weighted by atomic mass is 9.68. The van der Waals surface area contributed by atoms with Crippen LogP contribution < -0.4 is 10.1 Å². The van der Waals surface area contributed by atoms with Gasteiger partial charge in [-0.05, 0) is 42.1 Å². The summed E-state index contributed by atoms with van der Waals surface area (Å²) in [5.74, 6) is 2.46. The van der Waals surface area contributed by atoms with E-state index in [0.717, 1.165) is 11.7 Å². The number of ether oxygens (including phenoxy) is 1. The zero-order chi connectivity index (χ0) is 13.7. The average Bonchev–Trinajstić information content (AvgIpc) is 2.86. The molecule has 1 aromatic heterocycles. The monoisotopic (exact) mass is 260 g/mol. The maximum Gasteiger partial charge on any atom is 0.214 e. The van der Waals surface area contributed by atoms with Crippen molar-refractivity contribution in [1.82, 2.24) is 4.98 Å². The zero-order valence-electron chi connectivity index (χ0n) is 12.4. The average molecular weight is 260 g/mol. The minimum Gasteiger partial charge on any atom is -0.481 e. The first-order valence-corrected chi connectivity index (χ1v) is 7.23. The standard InChI is InChI=1S/C16H24N2O/c1-15(2)11-8-9-16(3,10-11)14(15)18-12-6-5-7-13(17-12)19-4/h5-7,11,14H,8-10H2,1-4H3,(H,17,18). The second-order valence-corrected chi connectivity index (χ2v) is 7.06. The summed E-state index contributed by atoms with van der Waals surface area (Å²) in [6.07, 6.45) is 4.07. The molecule has 19 heavy (non-hydrogen) atoms. The number of anilines is 1. The van der Waals surface area contributed by atoms with E-state index in [1.807, 2.05) is 18.2 Å². The SMILES string of the molecule is COc1cccc(NC2C3(C)CCC(C3)C2(C)C)n1. The molecule has 1 N–H and O–H groups in total. The Kier molecular flexibility index (Phi) is 2.77. The van der Waals surface area contributed by atoms with Gasteiger partial charge in [-0.25, -0.2) is 0 Å². The van der Waals surface area contributed by atoms with Gasteiger partial charge < -0.3 is 10.1 Å². The molecule has 2 aliphatic carbocycles. The van der Waals surface area contributed by atoms with E-state index in [1.165, 1.54) is 19.3 Å². The van der Waals surface area contributed by atoms with Gasteiger partial charge in [-0.2, -0.15) is 4.98 Å². The van der Waals surface area contributed by atoms with E-state index < -0.39 is 0 Å². The highest BCUT2D eigenvalue weighted by Crippen LogP contribution is 2.63. The normalized spacial score (nSPS) is 35.4. The predicted octanol–water partition coefficient (Wildman–Crippen LogP) is 3.72. The van der Waals surface area contributed by atoms with E-state index in [2.05, 4.69) is 31.1 Å². The van der Waals surface area contributed by atoms with E-state index in [-0.39, 0.29) is 0 Å². The van der Waals surface area contributed by atoms with Gasteiger partial charge in [0.05, 0.1) is 7.11 Å². The largest absolute Gasteiger partial charge is 0.481 e. The Morgan fingerprint density at radius 3 is 2.74 bits per heavy atom. The van der Waals surface area contributed by atoms with Gasteiger partial charge in [0.2, 0.25) is 5.88 Å². The van der Waals surface area contributed by atoms with E-state index in [9.17, 15) is 0 Å². The van der Waals surface area contributed by atoms with Gasteiger partial charge in [0.25, 0.3) is 0 Å². The van der Waals surface area contributed by atoms with Crippen LogP contribution in [0.4, 0.5) is 5.82 Å². The third-order valence-corrected chi connectivity index (χ3v) is 5.49. The number of hydrogen-bond donors (Lipinski definition) is 1. The van der Waals surface area contributed by atoms with Gasteiger partial charge >= 0.3 is 0 Å². The molecular weight excluding hydrogens is 236 g/mol. The van der Waals surface area contributed by atoms with E-state index in [1.54, 1.807) is 7.11 Å². The van der Waals surface area contributed by atoms with Crippen molar-refractivity contribution in [3.05, 3.63) is 18.2 Å². The summed E-state index contributed by atoms with van der Waals surface area (Å²) in [5.41, 5.74) is 0.761. The summed E-state index contributed by atoms with van der Waals surface area (Å²) in [6.45, 7) is 7.24. The van der Waals surface area contributed by atoms with Crippen molar-refractivity contribution in [2.24, 2.45) is 16.7 Å². The molecule has 3 unspecified atom stereocenters. The lowest BCUT2D eigenvalue weighted by Gasteiger charge is -2.43. The second kappa shape index (κ2) is 4.12. The van der Waals surface area contributed by atoms with Crippen molar-refractivity contribution in [3.8, 4) is 5.88 Å². The first-order chi connectivity index (χ1) is 8.95. The van der Waals surface area contributed by atoms with E-state index in [4.69, 9.17) is 4.74 Å². The van der Waals surface area contributed by atoms with Crippen molar-refractivity contribution < 1.29 is 4.74 Å². The third kappa shape index (κ3) is 1.90. The summed E-state index contributed by atoms with van der Waals surface area (Å²) < 4.78 is 5.21. The number of methoxy groups -OCH3 is 1. The molecule has 0 spiro atoms. The Bertz CT molecular complexity index is 481. The summed E-state index contributed by atoms with van der Waals surface area (Å²) in [5, 5.41) is 3.69. The molecule has 0 saturated heterocycles. The number of nitrogens with one attached hydrogen (secondary N) is 1. The Balaban J connectivity index is 1.86. The van der Waals surface area contributed by atoms with Crippen LogP contribution in [-0.2, 0) is 0 Å². The lowest BCUT2D eigenvalue weighted by molar-refractivity contribution is 0.155. The Morgan fingerprint density at radius 1 is 1.32 bits per heavy atom. The van der Waals surface area contributed by atoms with E-state index in [0.29, 0.717) is 22.8 Å². The fraction of sp³-hybridized carbons (Fsp3) is 0.688. The Hall–Kier alpha value is -1.25. The highest BCUT2D eigenvalue weighted by Gasteiger charge is 2.59. The molecule has 3 rings (SSSR count). The molecule has 0 radical (unpaired) electrons. The predicted molar refractivity (Wildman–Crippen MR) is 77.4 cm³/mol. The number of nitrogens with zero attached hydrogens (tertiary/aromatic N) is 1. The van der Waals surface area contributed by atoms with Crippen LogP contribution in [0.1, 0.15) is 40.0 Å². The first-order valence-electron chi connectivity index (χ1n) is 7.23. The van der Waals surface area contributed by atoms with Crippen molar-refractivity contribution in [2.75, 3.05) is 12.4 Å². The molecule has 3 heteroatoms. The fourth-order valence-corrected chi connectivity index (χ4v) is 4.42. The number of hydrogen-bond acceptors (Lipinski definition) is 3. The van der Waals surface area contributed by atoms with Gasteiger partial charge in [0.1, 0.15) is 5.82 Å². The quantitative estimate of drug-likeness (QED) is 0.899. The van der Waals surface area contributed by atoms with Gasteiger partial charge in [-0.15, -0.1) is 0 Å². The van der Waals surface area contributed by atoms with Crippen molar-refractivity contribution in [2.45, 2.75) is 46.1 Å². The molecule has 1 aromatic rings.